The van der Waals surface area contributed by atoms with Gasteiger partial charge < -0.3 is 14.8 Å². The second kappa shape index (κ2) is 9.95. The highest BCUT2D eigenvalue weighted by Crippen LogP contribution is 2.30. The lowest BCUT2D eigenvalue weighted by molar-refractivity contribution is -0.119. The summed E-state index contributed by atoms with van der Waals surface area (Å²) in [5, 5.41) is 8.66. The third-order valence-corrected chi connectivity index (χ3v) is 5.38. The lowest BCUT2D eigenvalue weighted by atomic mass is 10.0. The minimum absolute atomic E-state index is 0.179. The van der Waals surface area contributed by atoms with E-state index >= 15 is 0 Å². The Morgan fingerprint density at radius 2 is 1.97 bits per heavy atom. The number of hydrogen-bond donors (Lipinski definition) is 1. The van der Waals surface area contributed by atoms with Gasteiger partial charge in [-0.25, -0.2) is 13.6 Å². The van der Waals surface area contributed by atoms with Gasteiger partial charge >= 0.3 is 6.09 Å². The number of rotatable bonds is 6. The van der Waals surface area contributed by atoms with Gasteiger partial charge in [0.05, 0.1) is 51.3 Å². The Morgan fingerprint density at radius 3 is 2.67 bits per heavy atom. The summed E-state index contributed by atoms with van der Waals surface area (Å²) in [6.45, 7) is 4.19. The summed E-state index contributed by atoms with van der Waals surface area (Å²) in [5.41, 5.74) is 1.19. The number of carbonyl (C=O) groups excluding carboxylic acids is 2. The van der Waals surface area contributed by atoms with Gasteiger partial charge in [0.15, 0.2) is 0 Å². The molecule has 2 aliphatic rings. The molecule has 0 aromatic heterocycles. The molecule has 33 heavy (non-hydrogen) atoms. The van der Waals surface area contributed by atoms with Crippen molar-refractivity contribution in [3.8, 4) is 11.1 Å². The van der Waals surface area contributed by atoms with E-state index in [9.17, 15) is 18.4 Å². The van der Waals surface area contributed by atoms with Crippen LogP contribution in [0.15, 0.2) is 41.5 Å². The highest BCUT2D eigenvalue weighted by atomic mass is 19.1. The SMILES string of the molecule is CC(=O)NC[C@H]1CN(c2ccc(-c3ccc(/C=N/N4CCOCC4)c(F)c3)c(F)c2)C(=O)O1. The standard InChI is InChI=1S/C23H24F2N4O4/c1-15(30)26-13-19-14-29(23(31)33-19)18-4-5-20(22(25)11-18)16-2-3-17(21(24)10-16)12-27-28-6-8-32-9-7-28/h2-5,10-12,19H,6-9,13-14H2,1H3,(H,26,30)/b27-12+/t19-/m0/s1. The van der Waals surface area contributed by atoms with Crippen LogP contribution in [0.1, 0.15) is 12.5 Å². The minimum Gasteiger partial charge on any atom is -0.442 e. The zero-order valence-electron chi connectivity index (χ0n) is 18.1. The molecule has 0 saturated carbocycles. The largest absolute Gasteiger partial charge is 0.442 e. The molecule has 2 heterocycles. The van der Waals surface area contributed by atoms with Gasteiger partial charge in [0.1, 0.15) is 17.7 Å². The number of nitrogens with zero attached hydrogens (tertiary/aromatic N) is 3. The first-order valence-electron chi connectivity index (χ1n) is 10.6. The van der Waals surface area contributed by atoms with Crippen molar-refractivity contribution in [2.24, 2.45) is 5.10 Å². The van der Waals surface area contributed by atoms with Crippen LogP contribution in [0.3, 0.4) is 0 Å². The van der Waals surface area contributed by atoms with E-state index in [-0.39, 0.29) is 24.6 Å². The van der Waals surface area contributed by atoms with Crippen LogP contribution in [0.2, 0.25) is 0 Å². The van der Waals surface area contributed by atoms with Gasteiger partial charge in [0.2, 0.25) is 5.91 Å². The monoisotopic (exact) mass is 458 g/mol. The average molecular weight is 458 g/mol. The second-order valence-corrected chi connectivity index (χ2v) is 7.76. The summed E-state index contributed by atoms with van der Waals surface area (Å²) in [7, 11) is 0. The van der Waals surface area contributed by atoms with Crippen LogP contribution in [-0.2, 0) is 14.3 Å². The molecule has 174 valence electrons. The van der Waals surface area contributed by atoms with Crippen molar-refractivity contribution in [2.45, 2.75) is 13.0 Å². The molecule has 0 aliphatic carbocycles. The summed E-state index contributed by atoms with van der Waals surface area (Å²) in [6, 6.07) is 8.71. The first-order valence-corrected chi connectivity index (χ1v) is 10.6. The molecule has 1 N–H and O–H groups in total. The summed E-state index contributed by atoms with van der Waals surface area (Å²) in [5.74, 6) is -1.35. The van der Waals surface area contributed by atoms with E-state index in [1.165, 1.54) is 36.2 Å². The topological polar surface area (TPSA) is 83.5 Å². The Labute approximate surface area is 189 Å². The molecule has 10 heteroatoms. The predicted molar refractivity (Wildman–Crippen MR) is 118 cm³/mol. The van der Waals surface area contributed by atoms with Crippen LogP contribution in [0.25, 0.3) is 11.1 Å². The fourth-order valence-corrected chi connectivity index (χ4v) is 3.61. The van der Waals surface area contributed by atoms with E-state index in [1.807, 2.05) is 0 Å². The van der Waals surface area contributed by atoms with Crippen molar-refractivity contribution in [1.82, 2.24) is 10.3 Å². The lowest BCUT2D eigenvalue weighted by Crippen LogP contribution is -2.33. The van der Waals surface area contributed by atoms with Gasteiger partial charge in [0, 0.05) is 18.1 Å². The van der Waals surface area contributed by atoms with E-state index in [0.29, 0.717) is 43.1 Å². The summed E-state index contributed by atoms with van der Waals surface area (Å²) in [4.78, 5) is 24.5. The van der Waals surface area contributed by atoms with Gasteiger partial charge in [-0.05, 0) is 35.9 Å². The Balaban J connectivity index is 1.46. The van der Waals surface area contributed by atoms with Crippen molar-refractivity contribution in [3.05, 3.63) is 53.6 Å². The molecule has 0 radical (unpaired) electrons. The number of nitrogens with one attached hydrogen (secondary N) is 1. The number of hydrazone groups is 1. The van der Waals surface area contributed by atoms with Crippen LogP contribution in [0.5, 0.6) is 0 Å². The van der Waals surface area contributed by atoms with E-state index in [1.54, 1.807) is 23.2 Å². The molecule has 2 aromatic carbocycles. The van der Waals surface area contributed by atoms with Crippen molar-refractivity contribution in [1.29, 1.82) is 0 Å². The third-order valence-electron chi connectivity index (χ3n) is 5.38. The Bertz CT molecular complexity index is 1070. The average Bonchev–Trinajstić information content (AvgIpc) is 3.18. The van der Waals surface area contributed by atoms with E-state index in [0.717, 1.165) is 0 Å². The molecule has 2 aromatic rings. The molecule has 4 rings (SSSR count). The Morgan fingerprint density at radius 1 is 1.18 bits per heavy atom. The first kappa shape index (κ1) is 22.7. The molecule has 1 atom stereocenters. The molecule has 8 nitrogen and oxygen atoms in total. The summed E-state index contributed by atoms with van der Waals surface area (Å²) >= 11 is 0. The number of benzene rings is 2. The maximum Gasteiger partial charge on any atom is 0.414 e. The number of cyclic esters (lactones) is 1. The number of hydrogen-bond acceptors (Lipinski definition) is 6. The zero-order chi connectivity index (χ0) is 23.4. The maximum atomic E-state index is 14.9. The van der Waals surface area contributed by atoms with Crippen LogP contribution in [0.4, 0.5) is 19.3 Å². The third kappa shape index (κ3) is 5.46. The number of anilines is 1. The van der Waals surface area contributed by atoms with Crippen LogP contribution >= 0.6 is 0 Å². The van der Waals surface area contributed by atoms with Gasteiger partial charge in [-0.2, -0.15) is 5.10 Å². The van der Waals surface area contributed by atoms with Crippen molar-refractivity contribution >= 4 is 23.9 Å². The van der Waals surface area contributed by atoms with Gasteiger partial charge in [-0.3, -0.25) is 14.7 Å². The number of amides is 2. The summed E-state index contributed by atoms with van der Waals surface area (Å²) < 4.78 is 40.0. The van der Waals surface area contributed by atoms with E-state index in [2.05, 4.69) is 10.4 Å². The Kier molecular flexibility index (Phi) is 6.83. The molecule has 2 amide bonds. The predicted octanol–water partition coefficient (Wildman–Crippen LogP) is 2.76. The number of halogens is 2. The molecule has 0 unspecified atom stereocenters. The highest BCUT2D eigenvalue weighted by molar-refractivity contribution is 5.90. The highest BCUT2D eigenvalue weighted by Gasteiger charge is 2.32. The number of ether oxygens (including phenoxy) is 2. The number of carbonyl (C=O) groups is 2. The van der Waals surface area contributed by atoms with Crippen molar-refractivity contribution in [3.63, 3.8) is 0 Å². The number of morpholine rings is 1. The van der Waals surface area contributed by atoms with Crippen molar-refractivity contribution < 1.29 is 27.8 Å². The lowest BCUT2D eigenvalue weighted by Gasteiger charge is -2.23. The fourth-order valence-electron chi connectivity index (χ4n) is 3.61. The second-order valence-electron chi connectivity index (χ2n) is 7.76. The molecule has 0 spiro atoms. The molecular formula is C23H24F2N4O4. The van der Waals surface area contributed by atoms with Gasteiger partial charge in [-0.15, -0.1) is 0 Å². The molecule has 2 fully saturated rings. The normalized spacial score (nSPS) is 18.6. The first-order chi connectivity index (χ1) is 15.9. The van der Waals surface area contributed by atoms with Gasteiger partial charge in [-0.1, -0.05) is 6.07 Å². The van der Waals surface area contributed by atoms with Crippen molar-refractivity contribution in [2.75, 3.05) is 44.3 Å². The molecule has 0 bridgehead atoms. The molecule has 2 aliphatic heterocycles. The van der Waals surface area contributed by atoms with Crippen LogP contribution in [-0.4, -0.2) is 68.7 Å². The fraction of sp³-hybridized carbons (Fsp3) is 0.348. The zero-order valence-corrected chi connectivity index (χ0v) is 18.1. The molecule has 2 saturated heterocycles. The van der Waals surface area contributed by atoms with Crippen LogP contribution < -0.4 is 10.2 Å². The smallest absolute Gasteiger partial charge is 0.414 e. The Hall–Kier alpha value is -3.53. The van der Waals surface area contributed by atoms with E-state index < -0.39 is 23.8 Å². The van der Waals surface area contributed by atoms with Crippen LogP contribution in [0, 0.1) is 11.6 Å². The van der Waals surface area contributed by atoms with Gasteiger partial charge in [0.25, 0.3) is 0 Å². The quantitative estimate of drug-likeness (QED) is 0.673. The summed E-state index contributed by atoms with van der Waals surface area (Å²) in [6.07, 6.45) is 0.303. The maximum absolute atomic E-state index is 14.9. The minimum atomic E-state index is -0.618. The van der Waals surface area contributed by atoms with E-state index in [4.69, 9.17) is 9.47 Å². The molecular weight excluding hydrogens is 434 g/mol.